The molecule has 9 nitrogen and oxygen atoms in total. The van der Waals surface area contributed by atoms with Gasteiger partial charge in [0.05, 0.1) is 17.6 Å². The summed E-state index contributed by atoms with van der Waals surface area (Å²) < 4.78 is 4.69. The summed E-state index contributed by atoms with van der Waals surface area (Å²) >= 11 is 0. The van der Waals surface area contributed by atoms with Gasteiger partial charge in [0.2, 0.25) is 11.6 Å². The highest BCUT2D eigenvalue weighted by Gasteiger charge is 2.30. The van der Waals surface area contributed by atoms with Crippen LogP contribution < -0.4 is 10.2 Å². The molecule has 1 aliphatic rings. The van der Waals surface area contributed by atoms with Crippen LogP contribution in [0.3, 0.4) is 0 Å². The maximum absolute atomic E-state index is 12.0. The molecule has 1 aliphatic heterocycles. The van der Waals surface area contributed by atoms with Gasteiger partial charge in [-0.25, -0.2) is 14.8 Å². The number of nitrogens with one attached hydrogen (secondary N) is 1. The maximum atomic E-state index is 12.0. The Kier molecular flexibility index (Phi) is 6.77. The topological polar surface area (TPSA) is 110 Å². The Bertz CT molecular complexity index is 1110. The molecule has 0 bridgehead atoms. The first-order chi connectivity index (χ1) is 16.0. The van der Waals surface area contributed by atoms with E-state index < -0.39 is 10.9 Å². The number of ether oxygens (including phenoxy) is 1. The lowest BCUT2D eigenvalue weighted by atomic mass is 9.90. The molecule has 0 unspecified atom stereocenters. The zero-order valence-electron chi connectivity index (χ0n) is 18.3. The van der Waals surface area contributed by atoms with Gasteiger partial charge in [0.25, 0.3) is 0 Å². The summed E-state index contributed by atoms with van der Waals surface area (Å²) in [4.78, 5) is 33.5. The molecule has 170 valence electrons. The number of hydrogen-bond donors (Lipinski definition) is 1. The summed E-state index contributed by atoms with van der Waals surface area (Å²) in [6.07, 6.45) is 4.22. The first-order valence-corrected chi connectivity index (χ1v) is 10.8. The Morgan fingerprint density at radius 3 is 2.45 bits per heavy atom. The average molecular weight is 447 g/mol. The normalized spacial score (nSPS) is 14.0. The molecule has 0 amide bonds. The molecule has 2 aromatic carbocycles. The Labute approximate surface area is 191 Å². The highest BCUT2D eigenvalue weighted by Crippen LogP contribution is 2.35. The lowest BCUT2D eigenvalue weighted by Gasteiger charge is -2.32. The van der Waals surface area contributed by atoms with Crippen molar-refractivity contribution in [3.63, 3.8) is 0 Å². The zero-order valence-corrected chi connectivity index (χ0v) is 18.3. The molecule has 1 aromatic heterocycles. The summed E-state index contributed by atoms with van der Waals surface area (Å²) in [6, 6.07) is 16.8. The number of carbonyl (C=O) groups is 1. The predicted octanol–water partition coefficient (Wildman–Crippen LogP) is 4.37. The second-order valence-electron chi connectivity index (χ2n) is 7.97. The number of carbonyl (C=O) groups excluding carboxylic acids is 1. The van der Waals surface area contributed by atoms with Crippen LogP contribution in [0.25, 0.3) is 0 Å². The van der Waals surface area contributed by atoms with Crippen molar-refractivity contribution in [3.8, 4) is 0 Å². The monoisotopic (exact) mass is 447 g/mol. The van der Waals surface area contributed by atoms with Crippen LogP contribution in [0.2, 0.25) is 0 Å². The summed E-state index contributed by atoms with van der Waals surface area (Å²) in [5, 5.41) is 14.9. The number of esters is 1. The van der Waals surface area contributed by atoms with Gasteiger partial charge in [0.15, 0.2) is 0 Å². The molecule has 2 heterocycles. The largest absolute Gasteiger partial charge is 0.465 e. The van der Waals surface area contributed by atoms with Crippen LogP contribution >= 0.6 is 0 Å². The second kappa shape index (κ2) is 10.1. The van der Waals surface area contributed by atoms with Crippen molar-refractivity contribution in [1.29, 1.82) is 0 Å². The molecule has 9 heteroatoms. The lowest BCUT2D eigenvalue weighted by molar-refractivity contribution is -0.383. The standard InChI is InChI=1S/C24H25N5O4/c1-33-24(30)19-7-9-20(10-8-19)27-22-21(29(31)32)23(26-16-25-22)28-13-11-18(12-14-28)15-17-5-3-2-4-6-17/h2-10,16,18H,11-15H2,1H3,(H,25,26,27). The molecule has 0 atom stereocenters. The number of nitro groups is 1. The fourth-order valence-corrected chi connectivity index (χ4v) is 4.10. The van der Waals surface area contributed by atoms with Crippen molar-refractivity contribution in [3.05, 3.63) is 82.2 Å². The van der Waals surface area contributed by atoms with Crippen LogP contribution in [-0.2, 0) is 11.2 Å². The predicted molar refractivity (Wildman–Crippen MR) is 125 cm³/mol. The van der Waals surface area contributed by atoms with Gasteiger partial charge in [-0.05, 0) is 55.0 Å². The van der Waals surface area contributed by atoms with Gasteiger partial charge < -0.3 is 15.0 Å². The summed E-state index contributed by atoms with van der Waals surface area (Å²) in [6.45, 7) is 1.39. The average Bonchev–Trinajstić information content (AvgIpc) is 2.85. The molecule has 1 fully saturated rings. The number of piperidine rings is 1. The van der Waals surface area contributed by atoms with Gasteiger partial charge in [0.1, 0.15) is 6.33 Å². The van der Waals surface area contributed by atoms with E-state index in [1.807, 2.05) is 23.1 Å². The molecule has 0 saturated carbocycles. The van der Waals surface area contributed by atoms with E-state index in [0.717, 1.165) is 19.3 Å². The van der Waals surface area contributed by atoms with Crippen LogP contribution in [0.1, 0.15) is 28.8 Å². The highest BCUT2D eigenvalue weighted by atomic mass is 16.6. The molecule has 3 aromatic rings. The third-order valence-corrected chi connectivity index (χ3v) is 5.84. The Morgan fingerprint density at radius 1 is 1.12 bits per heavy atom. The van der Waals surface area contributed by atoms with E-state index >= 15 is 0 Å². The van der Waals surface area contributed by atoms with E-state index in [0.29, 0.717) is 36.1 Å². The molecule has 0 aliphatic carbocycles. The highest BCUT2D eigenvalue weighted by molar-refractivity contribution is 5.89. The fourth-order valence-electron chi connectivity index (χ4n) is 4.10. The SMILES string of the molecule is COC(=O)c1ccc(Nc2ncnc(N3CCC(Cc4ccccc4)CC3)c2[N+](=O)[O-])cc1. The molecule has 1 N–H and O–H groups in total. The van der Waals surface area contributed by atoms with Crippen LogP contribution in [0.5, 0.6) is 0 Å². The first-order valence-electron chi connectivity index (χ1n) is 10.8. The number of rotatable bonds is 7. The Morgan fingerprint density at radius 2 is 1.82 bits per heavy atom. The lowest BCUT2D eigenvalue weighted by Crippen LogP contribution is -2.35. The summed E-state index contributed by atoms with van der Waals surface area (Å²) in [5.74, 6) is 0.520. The molecule has 0 spiro atoms. The maximum Gasteiger partial charge on any atom is 0.353 e. The van der Waals surface area contributed by atoms with Gasteiger partial charge in [0, 0.05) is 18.8 Å². The van der Waals surface area contributed by atoms with Crippen LogP contribution in [0, 0.1) is 16.0 Å². The van der Waals surface area contributed by atoms with Gasteiger partial charge in [-0.1, -0.05) is 30.3 Å². The molecule has 1 saturated heterocycles. The number of benzene rings is 2. The van der Waals surface area contributed by atoms with Gasteiger partial charge >= 0.3 is 11.7 Å². The van der Waals surface area contributed by atoms with E-state index in [4.69, 9.17) is 4.74 Å². The van der Waals surface area contributed by atoms with Gasteiger partial charge in [-0.2, -0.15) is 0 Å². The molecular formula is C24H25N5O4. The van der Waals surface area contributed by atoms with Crippen molar-refractivity contribution in [2.24, 2.45) is 5.92 Å². The molecule has 33 heavy (non-hydrogen) atoms. The number of aromatic nitrogens is 2. The van der Waals surface area contributed by atoms with E-state index in [1.54, 1.807) is 24.3 Å². The number of hydrogen-bond acceptors (Lipinski definition) is 8. The molecule has 4 rings (SSSR count). The van der Waals surface area contributed by atoms with E-state index in [2.05, 4.69) is 27.4 Å². The van der Waals surface area contributed by atoms with Crippen molar-refractivity contribution in [2.45, 2.75) is 19.3 Å². The van der Waals surface area contributed by atoms with Crippen molar-refractivity contribution < 1.29 is 14.5 Å². The van der Waals surface area contributed by atoms with Crippen molar-refractivity contribution in [2.75, 3.05) is 30.4 Å². The fraction of sp³-hybridized carbons (Fsp3) is 0.292. The smallest absolute Gasteiger partial charge is 0.353 e. The molecule has 0 radical (unpaired) electrons. The Balaban J connectivity index is 1.49. The minimum atomic E-state index is -0.451. The minimum absolute atomic E-state index is 0.113. The van der Waals surface area contributed by atoms with Crippen LogP contribution in [-0.4, -0.2) is 41.1 Å². The first kappa shape index (κ1) is 22.2. The van der Waals surface area contributed by atoms with Crippen molar-refractivity contribution >= 4 is 29.0 Å². The second-order valence-corrected chi connectivity index (χ2v) is 7.97. The van der Waals surface area contributed by atoms with E-state index in [-0.39, 0.29) is 11.5 Å². The van der Waals surface area contributed by atoms with Crippen LogP contribution in [0.15, 0.2) is 60.9 Å². The quantitative estimate of drug-likeness (QED) is 0.323. The number of nitrogens with zero attached hydrogens (tertiary/aromatic N) is 4. The van der Waals surface area contributed by atoms with E-state index in [9.17, 15) is 14.9 Å². The third kappa shape index (κ3) is 5.25. The minimum Gasteiger partial charge on any atom is -0.465 e. The third-order valence-electron chi connectivity index (χ3n) is 5.84. The number of anilines is 3. The van der Waals surface area contributed by atoms with Gasteiger partial charge in [-0.3, -0.25) is 10.1 Å². The molecular weight excluding hydrogens is 422 g/mol. The zero-order chi connectivity index (χ0) is 23.2. The van der Waals surface area contributed by atoms with Crippen LogP contribution in [0.4, 0.5) is 23.0 Å². The summed E-state index contributed by atoms with van der Waals surface area (Å²) in [7, 11) is 1.31. The van der Waals surface area contributed by atoms with Crippen molar-refractivity contribution in [1.82, 2.24) is 9.97 Å². The Hall–Kier alpha value is -4.01. The number of methoxy groups -OCH3 is 1. The van der Waals surface area contributed by atoms with E-state index in [1.165, 1.54) is 19.0 Å². The van der Waals surface area contributed by atoms with Gasteiger partial charge in [-0.15, -0.1) is 0 Å². The summed E-state index contributed by atoms with van der Waals surface area (Å²) in [5.41, 5.74) is 2.11.